The van der Waals surface area contributed by atoms with Crippen LogP contribution >= 0.6 is 0 Å². The Hall–Kier alpha value is -2.40. The van der Waals surface area contributed by atoms with E-state index in [1.54, 1.807) is 17.0 Å². The van der Waals surface area contributed by atoms with Crippen LogP contribution in [0.25, 0.3) is 0 Å². The molecule has 2 heterocycles. The molecule has 1 atom stereocenters. The average molecular weight is 473 g/mol. The summed E-state index contributed by atoms with van der Waals surface area (Å²) in [5.74, 6) is -0.494. The summed E-state index contributed by atoms with van der Waals surface area (Å²) in [5, 5.41) is 0. The van der Waals surface area contributed by atoms with E-state index in [0.717, 1.165) is 6.26 Å². The molecule has 3 rings (SSSR count). The van der Waals surface area contributed by atoms with Gasteiger partial charge in [-0.2, -0.15) is 8.42 Å². The standard InChI is InChI=1S/C21H29FN2O7S/c1-21(2,3)31-19(25)23-9-7-14(8-10-23)17-6-5-15(11-18(17)22)24-12-16(30-20(24)26)13-29-32(4,27)28/h5-6,11,14,16H,7-10,12-13H2,1-4H3. The Labute approximate surface area is 187 Å². The van der Waals surface area contributed by atoms with Crippen LogP contribution in [-0.4, -0.2) is 69.7 Å². The molecule has 0 saturated carbocycles. The number of hydrogen-bond acceptors (Lipinski definition) is 7. The van der Waals surface area contributed by atoms with Gasteiger partial charge in [0, 0.05) is 13.1 Å². The maximum absolute atomic E-state index is 14.9. The van der Waals surface area contributed by atoms with Crippen molar-refractivity contribution in [3.05, 3.63) is 29.6 Å². The fourth-order valence-corrected chi connectivity index (χ4v) is 4.13. The van der Waals surface area contributed by atoms with Crippen LogP contribution in [0, 0.1) is 5.82 Å². The zero-order valence-electron chi connectivity index (χ0n) is 18.7. The summed E-state index contributed by atoms with van der Waals surface area (Å²) in [6.07, 6.45) is 0.294. The lowest BCUT2D eigenvalue weighted by molar-refractivity contribution is 0.0204. The van der Waals surface area contributed by atoms with E-state index in [1.165, 1.54) is 11.0 Å². The third kappa shape index (κ3) is 6.32. The summed E-state index contributed by atoms with van der Waals surface area (Å²) in [4.78, 5) is 27.2. The van der Waals surface area contributed by atoms with Crippen molar-refractivity contribution in [2.45, 2.75) is 51.2 Å². The number of amides is 2. The van der Waals surface area contributed by atoms with E-state index in [0.29, 0.717) is 37.2 Å². The van der Waals surface area contributed by atoms with Gasteiger partial charge in [0.2, 0.25) is 0 Å². The van der Waals surface area contributed by atoms with Gasteiger partial charge < -0.3 is 14.4 Å². The Morgan fingerprint density at radius 1 is 1.25 bits per heavy atom. The van der Waals surface area contributed by atoms with E-state index < -0.39 is 33.7 Å². The Morgan fingerprint density at radius 2 is 1.91 bits per heavy atom. The van der Waals surface area contributed by atoms with E-state index in [9.17, 15) is 22.4 Å². The first-order valence-electron chi connectivity index (χ1n) is 10.4. The summed E-state index contributed by atoms with van der Waals surface area (Å²) in [6.45, 7) is 6.14. The van der Waals surface area contributed by atoms with Crippen LogP contribution in [0.1, 0.15) is 45.1 Å². The van der Waals surface area contributed by atoms with Crippen molar-refractivity contribution in [1.82, 2.24) is 4.90 Å². The lowest BCUT2D eigenvalue weighted by atomic mass is 9.89. The van der Waals surface area contributed by atoms with Crippen molar-refractivity contribution in [3.63, 3.8) is 0 Å². The van der Waals surface area contributed by atoms with Crippen molar-refractivity contribution in [2.24, 2.45) is 0 Å². The molecule has 2 amide bonds. The van der Waals surface area contributed by atoms with E-state index in [4.69, 9.17) is 9.47 Å². The molecule has 0 N–H and O–H groups in total. The Bertz CT molecular complexity index is 969. The van der Waals surface area contributed by atoms with Gasteiger partial charge in [0.05, 0.1) is 18.5 Å². The molecule has 9 nitrogen and oxygen atoms in total. The second-order valence-electron chi connectivity index (χ2n) is 9.05. The molecule has 0 spiro atoms. The summed E-state index contributed by atoms with van der Waals surface area (Å²) in [5.41, 5.74) is 0.286. The van der Waals surface area contributed by atoms with Crippen LogP contribution in [0.4, 0.5) is 19.7 Å². The highest BCUT2D eigenvalue weighted by Gasteiger charge is 2.34. The average Bonchev–Trinajstić information content (AvgIpc) is 3.05. The number of nitrogens with zero attached hydrogens (tertiary/aromatic N) is 2. The molecule has 0 bridgehead atoms. The quantitative estimate of drug-likeness (QED) is 0.606. The molecule has 0 radical (unpaired) electrons. The number of cyclic esters (lactones) is 1. The maximum atomic E-state index is 14.9. The van der Waals surface area contributed by atoms with Gasteiger partial charge in [0.15, 0.2) is 0 Å². The third-order valence-electron chi connectivity index (χ3n) is 5.22. The van der Waals surface area contributed by atoms with Gasteiger partial charge in [-0.25, -0.2) is 14.0 Å². The molecule has 1 aromatic carbocycles. The topological polar surface area (TPSA) is 102 Å². The van der Waals surface area contributed by atoms with Gasteiger partial charge in [0.1, 0.15) is 24.1 Å². The molecular weight excluding hydrogens is 443 g/mol. The van der Waals surface area contributed by atoms with Gasteiger partial charge in [-0.3, -0.25) is 9.08 Å². The van der Waals surface area contributed by atoms with Crippen LogP contribution in [0.3, 0.4) is 0 Å². The van der Waals surface area contributed by atoms with E-state index in [1.807, 2.05) is 20.8 Å². The molecule has 2 fully saturated rings. The normalized spacial score (nSPS) is 20.4. The minimum absolute atomic E-state index is 0.0517. The molecule has 1 unspecified atom stereocenters. The highest BCUT2D eigenvalue weighted by atomic mass is 32.2. The highest BCUT2D eigenvalue weighted by Crippen LogP contribution is 2.33. The molecule has 32 heavy (non-hydrogen) atoms. The Morgan fingerprint density at radius 3 is 2.47 bits per heavy atom. The minimum Gasteiger partial charge on any atom is -0.444 e. The molecular formula is C21H29FN2O7S. The molecule has 2 saturated heterocycles. The SMILES string of the molecule is CC(C)(C)OC(=O)N1CCC(c2ccc(N3CC(COS(C)(=O)=O)OC3=O)cc2F)CC1. The number of carbonyl (C=O) groups excluding carboxylic acids is 2. The second-order valence-corrected chi connectivity index (χ2v) is 10.7. The smallest absolute Gasteiger partial charge is 0.414 e. The van der Waals surface area contributed by atoms with E-state index >= 15 is 0 Å². The zero-order valence-corrected chi connectivity index (χ0v) is 19.5. The molecule has 2 aliphatic rings. The van der Waals surface area contributed by atoms with E-state index in [-0.39, 0.29) is 25.2 Å². The number of piperidine rings is 1. The largest absolute Gasteiger partial charge is 0.444 e. The van der Waals surface area contributed by atoms with Gasteiger partial charge in [-0.1, -0.05) is 6.07 Å². The number of hydrogen-bond donors (Lipinski definition) is 0. The van der Waals surface area contributed by atoms with Gasteiger partial charge in [-0.05, 0) is 57.2 Å². The fourth-order valence-electron chi connectivity index (χ4n) is 3.73. The summed E-state index contributed by atoms with van der Waals surface area (Å²) < 4.78 is 52.3. The fraction of sp³-hybridized carbons (Fsp3) is 0.619. The van der Waals surface area contributed by atoms with Gasteiger partial charge in [-0.15, -0.1) is 0 Å². The van der Waals surface area contributed by atoms with Crippen molar-refractivity contribution < 1.29 is 36.1 Å². The van der Waals surface area contributed by atoms with Crippen LogP contribution in [0.2, 0.25) is 0 Å². The molecule has 0 aromatic heterocycles. The predicted molar refractivity (Wildman–Crippen MR) is 115 cm³/mol. The molecule has 11 heteroatoms. The third-order valence-corrected chi connectivity index (χ3v) is 5.79. The number of likely N-dealkylation sites (tertiary alicyclic amines) is 1. The molecule has 2 aliphatic heterocycles. The lowest BCUT2D eigenvalue weighted by Gasteiger charge is -2.33. The number of carbonyl (C=O) groups is 2. The number of halogens is 1. The lowest BCUT2D eigenvalue weighted by Crippen LogP contribution is -2.41. The maximum Gasteiger partial charge on any atom is 0.414 e. The number of anilines is 1. The van der Waals surface area contributed by atoms with Crippen molar-refractivity contribution >= 4 is 28.0 Å². The van der Waals surface area contributed by atoms with Gasteiger partial charge >= 0.3 is 12.2 Å². The molecule has 1 aromatic rings. The van der Waals surface area contributed by atoms with Crippen LogP contribution in [0.5, 0.6) is 0 Å². The number of rotatable bonds is 5. The van der Waals surface area contributed by atoms with Crippen LogP contribution in [-0.2, 0) is 23.8 Å². The van der Waals surface area contributed by atoms with Crippen molar-refractivity contribution in [1.29, 1.82) is 0 Å². The second kappa shape index (κ2) is 9.22. The predicted octanol–water partition coefficient (Wildman–Crippen LogP) is 3.24. The monoisotopic (exact) mass is 472 g/mol. The summed E-state index contributed by atoms with van der Waals surface area (Å²) in [6, 6.07) is 4.56. The summed E-state index contributed by atoms with van der Waals surface area (Å²) >= 11 is 0. The molecule has 178 valence electrons. The Kier molecular flexibility index (Phi) is 6.99. The summed E-state index contributed by atoms with van der Waals surface area (Å²) in [7, 11) is -3.66. The van der Waals surface area contributed by atoms with E-state index in [2.05, 4.69) is 4.18 Å². The van der Waals surface area contributed by atoms with Crippen molar-refractivity contribution in [3.8, 4) is 0 Å². The molecule has 0 aliphatic carbocycles. The Balaban J connectivity index is 1.60. The number of ether oxygens (including phenoxy) is 2. The van der Waals surface area contributed by atoms with Crippen LogP contribution in [0.15, 0.2) is 18.2 Å². The first-order chi connectivity index (χ1) is 14.8. The highest BCUT2D eigenvalue weighted by molar-refractivity contribution is 7.85. The number of benzene rings is 1. The van der Waals surface area contributed by atoms with Gasteiger partial charge in [0.25, 0.3) is 10.1 Å². The van der Waals surface area contributed by atoms with Crippen LogP contribution < -0.4 is 4.90 Å². The first kappa shape index (κ1) is 24.2. The van der Waals surface area contributed by atoms with Crippen molar-refractivity contribution in [2.75, 3.05) is 37.4 Å². The zero-order chi connectivity index (χ0) is 23.7. The minimum atomic E-state index is -3.66. The first-order valence-corrected chi connectivity index (χ1v) is 12.2.